The highest BCUT2D eigenvalue weighted by Gasteiger charge is 2.39. The lowest BCUT2D eigenvalue weighted by molar-refractivity contribution is -0.136. The van der Waals surface area contributed by atoms with Gasteiger partial charge in [-0.1, -0.05) is 13.0 Å². The molecule has 6 nitrogen and oxygen atoms in total. The van der Waals surface area contributed by atoms with E-state index in [1.54, 1.807) is 18.2 Å². The zero-order chi connectivity index (χ0) is 17.4. The molecular weight excluding hydrogens is 340 g/mol. The van der Waals surface area contributed by atoms with Crippen LogP contribution in [0.1, 0.15) is 18.2 Å². The number of carbonyl (C=O) groups excluding carboxylic acids is 2. The first-order valence-corrected chi connectivity index (χ1v) is 8.88. The van der Waals surface area contributed by atoms with E-state index >= 15 is 0 Å². The van der Waals surface area contributed by atoms with Crippen LogP contribution >= 0.6 is 11.3 Å². The molecule has 0 atom stereocenters. The fraction of sp³-hybridized carbons (Fsp3) is 0.222. The first kappa shape index (κ1) is 15.7. The monoisotopic (exact) mass is 356 g/mol. The minimum Gasteiger partial charge on any atom is -0.454 e. The highest BCUT2D eigenvalue weighted by atomic mass is 32.1. The van der Waals surface area contributed by atoms with E-state index in [-0.39, 0.29) is 18.6 Å². The summed E-state index contributed by atoms with van der Waals surface area (Å²) in [5, 5.41) is 5.01. The third kappa shape index (κ3) is 2.66. The van der Waals surface area contributed by atoms with Gasteiger partial charge in [0.05, 0.1) is 5.57 Å². The molecule has 0 fully saturated rings. The molecule has 2 amide bonds. The van der Waals surface area contributed by atoms with Gasteiger partial charge < -0.3 is 14.8 Å². The van der Waals surface area contributed by atoms with E-state index in [2.05, 4.69) is 5.32 Å². The minimum absolute atomic E-state index is 0.184. The average Bonchev–Trinajstić information content (AvgIpc) is 3.32. The fourth-order valence-corrected chi connectivity index (χ4v) is 3.65. The summed E-state index contributed by atoms with van der Waals surface area (Å²) in [7, 11) is 0. The lowest BCUT2D eigenvalue weighted by Crippen LogP contribution is -2.33. The molecule has 1 aromatic heterocycles. The maximum atomic E-state index is 12.8. The molecule has 0 aliphatic carbocycles. The molecule has 4 rings (SSSR count). The quantitative estimate of drug-likeness (QED) is 0.834. The fourth-order valence-electron chi connectivity index (χ4n) is 2.89. The van der Waals surface area contributed by atoms with Gasteiger partial charge in [-0.15, -0.1) is 11.3 Å². The molecule has 0 saturated heterocycles. The van der Waals surface area contributed by atoms with E-state index in [0.717, 1.165) is 4.88 Å². The van der Waals surface area contributed by atoms with E-state index in [9.17, 15) is 9.59 Å². The number of hydrogen-bond acceptors (Lipinski definition) is 6. The molecule has 1 aromatic carbocycles. The number of carbonyl (C=O) groups is 2. The van der Waals surface area contributed by atoms with Crippen LogP contribution in [0.3, 0.4) is 0 Å². The van der Waals surface area contributed by atoms with E-state index in [0.29, 0.717) is 41.4 Å². The second-order valence-electron chi connectivity index (χ2n) is 5.68. The van der Waals surface area contributed by atoms with Crippen LogP contribution in [0.25, 0.3) is 5.57 Å². The van der Waals surface area contributed by atoms with Crippen LogP contribution in [0.2, 0.25) is 0 Å². The Hall–Kier alpha value is -2.80. The largest absolute Gasteiger partial charge is 0.454 e. The Balaban J connectivity index is 1.73. The smallest absolute Gasteiger partial charge is 0.278 e. The molecule has 0 unspecified atom stereocenters. The zero-order valence-corrected chi connectivity index (χ0v) is 14.4. The van der Waals surface area contributed by atoms with Crippen molar-refractivity contribution < 1.29 is 19.1 Å². The van der Waals surface area contributed by atoms with Crippen molar-refractivity contribution in [2.75, 3.05) is 18.7 Å². The number of hydrogen-bond donors (Lipinski definition) is 1. The summed E-state index contributed by atoms with van der Waals surface area (Å²) in [6.45, 7) is 2.52. The molecule has 0 saturated carbocycles. The third-order valence-corrected chi connectivity index (χ3v) is 4.91. The number of nitrogens with one attached hydrogen (secondary N) is 1. The van der Waals surface area contributed by atoms with Crippen LogP contribution < -0.4 is 14.8 Å². The number of amides is 2. The van der Waals surface area contributed by atoms with Gasteiger partial charge in [0.1, 0.15) is 5.70 Å². The Labute approximate surface area is 148 Å². The predicted octanol–water partition coefficient (Wildman–Crippen LogP) is 3.08. The van der Waals surface area contributed by atoms with E-state index in [4.69, 9.17) is 9.47 Å². The number of fused-ring (bicyclic) bond motifs is 1. The minimum atomic E-state index is -0.298. The maximum absolute atomic E-state index is 12.8. The molecule has 0 spiro atoms. The molecule has 0 bridgehead atoms. The van der Waals surface area contributed by atoms with Crippen LogP contribution in [0.4, 0.5) is 5.69 Å². The second kappa shape index (κ2) is 6.25. The first-order chi connectivity index (χ1) is 12.2. The Morgan fingerprint density at radius 3 is 2.76 bits per heavy atom. The molecule has 2 aromatic rings. The Morgan fingerprint density at radius 1 is 1.16 bits per heavy atom. The normalized spacial score (nSPS) is 16.1. The molecule has 1 N–H and O–H groups in total. The molecule has 2 aliphatic heterocycles. The highest BCUT2D eigenvalue weighted by molar-refractivity contribution is 7.11. The van der Waals surface area contributed by atoms with Gasteiger partial charge in [-0.3, -0.25) is 14.5 Å². The van der Waals surface area contributed by atoms with Crippen molar-refractivity contribution in [3.63, 3.8) is 0 Å². The van der Waals surface area contributed by atoms with Crippen LogP contribution in [0, 0.1) is 0 Å². The molecule has 2 aliphatic rings. The van der Waals surface area contributed by atoms with Crippen molar-refractivity contribution in [2.45, 2.75) is 13.3 Å². The van der Waals surface area contributed by atoms with Crippen molar-refractivity contribution in [1.82, 2.24) is 4.90 Å². The van der Waals surface area contributed by atoms with Gasteiger partial charge in [0, 0.05) is 23.2 Å². The second-order valence-corrected chi connectivity index (χ2v) is 6.63. The third-order valence-electron chi connectivity index (χ3n) is 4.02. The summed E-state index contributed by atoms with van der Waals surface area (Å²) in [5.41, 5.74) is 1.40. The van der Waals surface area contributed by atoms with Crippen molar-refractivity contribution in [3.05, 3.63) is 46.3 Å². The number of rotatable bonds is 5. The van der Waals surface area contributed by atoms with Crippen LogP contribution in [-0.2, 0) is 9.59 Å². The molecule has 25 heavy (non-hydrogen) atoms. The first-order valence-electron chi connectivity index (χ1n) is 8.00. The van der Waals surface area contributed by atoms with Crippen LogP contribution in [0.5, 0.6) is 11.5 Å². The van der Waals surface area contributed by atoms with E-state index in [1.807, 2.05) is 24.4 Å². The Bertz CT molecular complexity index is 873. The van der Waals surface area contributed by atoms with Crippen molar-refractivity contribution in [1.29, 1.82) is 0 Å². The Kier molecular flexibility index (Phi) is 3.93. The predicted molar refractivity (Wildman–Crippen MR) is 94.4 cm³/mol. The van der Waals surface area contributed by atoms with Gasteiger partial charge in [0.25, 0.3) is 11.8 Å². The Morgan fingerprint density at radius 2 is 2.00 bits per heavy atom. The molecule has 3 heterocycles. The summed E-state index contributed by atoms with van der Waals surface area (Å²) in [4.78, 5) is 27.6. The van der Waals surface area contributed by atoms with Crippen LogP contribution in [-0.4, -0.2) is 30.1 Å². The van der Waals surface area contributed by atoms with Crippen molar-refractivity contribution in [2.24, 2.45) is 0 Å². The summed E-state index contributed by atoms with van der Waals surface area (Å²) < 4.78 is 10.7. The van der Waals surface area contributed by atoms with Gasteiger partial charge in [-0.05, 0) is 30.0 Å². The van der Waals surface area contributed by atoms with Crippen LogP contribution in [0.15, 0.2) is 41.4 Å². The molecule has 0 radical (unpaired) electrons. The standard InChI is InChI=1S/C18H16N2O4S/c1-2-7-20-17(21)15(14-4-3-8-25-14)16(18(20)22)19-11-5-6-12-13(9-11)24-10-23-12/h3-6,8-9,19H,2,7,10H2,1H3. The SMILES string of the molecule is CCCN1C(=O)C(Nc2ccc3c(c2)OCO3)=C(c2cccs2)C1=O. The maximum Gasteiger partial charge on any atom is 0.278 e. The molecule has 128 valence electrons. The van der Waals surface area contributed by atoms with E-state index < -0.39 is 0 Å². The summed E-state index contributed by atoms with van der Waals surface area (Å²) in [5.74, 6) is 0.732. The number of thiophene rings is 1. The number of benzene rings is 1. The highest BCUT2D eigenvalue weighted by Crippen LogP contribution is 2.37. The van der Waals surface area contributed by atoms with Crippen molar-refractivity contribution >= 4 is 34.4 Å². The molecule has 7 heteroatoms. The molecular formula is C18H16N2O4S. The number of nitrogens with zero attached hydrogens (tertiary/aromatic N) is 1. The van der Waals surface area contributed by atoms with Gasteiger partial charge in [0.15, 0.2) is 11.5 Å². The number of ether oxygens (including phenoxy) is 2. The van der Waals surface area contributed by atoms with Gasteiger partial charge in [-0.2, -0.15) is 0 Å². The summed E-state index contributed by atoms with van der Waals surface area (Å²) >= 11 is 1.44. The number of anilines is 1. The van der Waals surface area contributed by atoms with Gasteiger partial charge >= 0.3 is 0 Å². The van der Waals surface area contributed by atoms with Gasteiger partial charge in [-0.25, -0.2) is 0 Å². The summed E-state index contributed by atoms with van der Waals surface area (Å²) in [6, 6.07) is 9.06. The zero-order valence-electron chi connectivity index (χ0n) is 13.6. The van der Waals surface area contributed by atoms with Crippen molar-refractivity contribution in [3.8, 4) is 11.5 Å². The lowest BCUT2D eigenvalue weighted by atomic mass is 10.2. The average molecular weight is 356 g/mol. The topological polar surface area (TPSA) is 67.9 Å². The van der Waals surface area contributed by atoms with Gasteiger partial charge in [0.2, 0.25) is 6.79 Å². The van der Waals surface area contributed by atoms with E-state index in [1.165, 1.54) is 16.2 Å². The lowest BCUT2D eigenvalue weighted by Gasteiger charge is -2.13. The number of imide groups is 1. The summed E-state index contributed by atoms with van der Waals surface area (Å²) in [6.07, 6.45) is 0.715.